The Labute approximate surface area is 115 Å². The zero-order valence-corrected chi connectivity index (χ0v) is 11.6. The Morgan fingerprint density at radius 2 is 2.26 bits per heavy atom. The molecule has 3 rings (SSSR count). The third-order valence-corrected chi connectivity index (χ3v) is 4.89. The number of aliphatic hydroxyl groups is 1. The van der Waals surface area contributed by atoms with E-state index in [9.17, 15) is 5.11 Å². The number of hydrogen-bond donors (Lipinski definition) is 2. The molecule has 2 saturated carbocycles. The van der Waals surface area contributed by atoms with E-state index in [1.54, 1.807) is 0 Å². The lowest BCUT2D eigenvalue weighted by atomic mass is 9.51. The van der Waals surface area contributed by atoms with Crippen LogP contribution in [0.25, 0.3) is 0 Å². The van der Waals surface area contributed by atoms with Crippen LogP contribution in [0.5, 0.6) is 0 Å². The average molecular weight is 261 g/mol. The standard InChI is InChI=1S/C16H23NO2/c1-2-19-15-10-14(16(15)7-4-8-16)17-13-6-3-5-12(9-13)11-18/h3,5-6,9,14-15,17-18H,2,4,7-8,10-11H2,1H3. The van der Waals surface area contributed by atoms with E-state index >= 15 is 0 Å². The van der Waals surface area contributed by atoms with Gasteiger partial charge in [0.2, 0.25) is 0 Å². The van der Waals surface area contributed by atoms with Gasteiger partial charge >= 0.3 is 0 Å². The van der Waals surface area contributed by atoms with Crippen LogP contribution in [0.4, 0.5) is 5.69 Å². The number of aliphatic hydroxyl groups excluding tert-OH is 1. The van der Waals surface area contributed by atoms with Gasteiger partial charge in [-0.3, -0.25) is 0 Å². The number of rotatable bonds is 5. The highest BCUT2D eigenvalue weighted by Gasteiger charge is 2.58. The van der Waals surface area contributed by atoms with Crippen LogP contribution in [-0.4, -0.2) is 23.9 Å². The third kappa shape index (κ3) is 2.15. The summed E-state index contributed by atoms with van der Waals surface area (Å²) in [5.74, 6) is 0. The summed E-state index contributed by atoms with van der Waals surface area (Å²) in [5, 5.41) is 12.8. The molecule has 1 aromatic rings. The van der Waals surface area contributed by atoms with Crippen LogP contribution >= 0.6 is 0 Å². The molecule has 2 unspecified atom stereocenters. The fraction of sp³-hybridized carbons (Fsp3) is 0.625. The molecule has 2 N–H and O–H groups in total. The van der Waals surface area contributed by atoms with Crippen molar-refractivity contribution in [2.75, 3.05) is 11.9 Å². The number of hydrogen-bond acceptors (Lipinski definition) is 3. The van der Waals surface area contributed by atoms with Crippen molar-refractivity contribution in [3.63, 3.8) is 0 Å². The maximum Gasteiger partial charge on any atom is 0.0682 e. The van der Waals surface area contributed by atoms with Crippen LogP contribution in [0.15, 0.2) is 24.3 Å². The van der Waals surface area contributed by atoms with Gasteiger partial charge < -0.3 is 15.2 Å². The number of nitrogens with one attached hydrogen (secondary N) is 1. The summed E-state index contributed by atoms with van der Waals surface area (Å²) in [6.45, 7) is 3.00. The Bertz CT molecular complexity index is 442. The summed E-state index contributed by atoms with van der Waals surface area (Å²) in [6.07, 6.45) is 5.46. The monoisotopic (exact) mass is 261 g/mol. The molecule has 3 nitrogen and oxygen atoms in total. The van der Waals surface area contributed by atoms with Crippen LogP contribution in [0.2, 0.25) is 0 Å². The fourth-order valence-corrected chi connectivity index (χ4v) is 3.60. The van der Waals surface area contributed by atoms with Crippen LogP contribution in [0.1, 0.15) is 38.2 Å². The molecule has 0 amide bonds. The van der Waals surface area contributed by atoms with E-state index in [0.717, 1.165) is 24.3 Å². The Morgan fingerprint density at radius 1 is 1.42 bits per heavy atom. The Kier molecular flexibility index (Phi) is 3.50. The Morgan fingerprint density at radius 3 is 2.89 bits per heavy atom. The molecule has 0 heterocycles. The van der Waals surface area contributed by atoms with E-state index in [4.69, 9.17) is 4.74 Å². The smallest absolute Gasteiger partial charge is 0.0682 e. The van der Waals surface area contributed by atoms with Crippen molar-refractivity contribution in [1.29, 1.82) is 0 Å². The molecular formula is C16H23NO2. The fourth-order valence-electron chi connectivity index (χ4n) is 3.60. The summed E-state index contributed by atoms with van der Waals surface area (Å²) in [4.78, 5) is 0. The van der Waals surface area contributed by atoms with E-state index in [-0.39, 0.29) is 6.61 Å². The molecule has 1 spiro atoms. The zero-order valence-electron chi connectivity index (χ0n) is 11.6. The molecule has 1 aromatic carbocycles. The van der Waals surface area contributed by atoms with Gasteiger partial charge in [-0.2, -0.15) is 0 Å². The minimum Gasteiger partial charge on any atom is -0.392 e. The first-order valence-corrected chi connectivity index (χ1v) is 7.36. The van der Waals surface area contributed by atoms with Crippen LogP contribution in [0.3, 0.4) is 0 Å². The normalized spacial score (nSPS) is 27.7. The summed E-state index contributed by atoms with van der Waals surface area (Å²) < 4.78 is 5.87. The number of benzene rings is 1. The van der Waals surface area contributed by atoms with Gasteiger partial charge in [-0.25, -0.2) is 0 Å². The molecule has 0 radical (unpaired) electrons. The van der Waals surface area contributed by atoms with Gasteiger partial charge in [-0.15, -0.1) is 0 Å². The second kappa shape index (κ2) is 5.14. The van der Waals surface area contributed by atoms with Gasteiger partial charge in [0.1, 0.15) is 0 Å². The quantitative estimate of drug-likeness (QED) is 0.856. The van der Waals surface area contributed by atoms with E-state index in [1.165, 1.54) is 19.3 Å². The van der Waals surface area contributed by atoms with E-state index in [1.807, 2.05) is 18.2 Å². The van der Waals surface area contributed by atoms with Crippen molar-refractivity contribution >= 4 is 5.69 Å². The van der Waals surface area contributed by atoms with Crippen molar-refractivity contribution in [3.05, 3.63) is 29.8 Å². The zero-order chi connectivity index (χ0) is 13.3. The lowest BCUT2D eigenvalue weighted by molar-refractivity contribution is -0.157. The van der Waals surface area contributed by atoms with Gasteiger partial charge in [0.05, 0.1) is 12.7 Å². The minimum absolute atomic E-state index is 0.104. The largest absolute Gasteiger partial charge is 0.392 e. The highest BCUT2D eigenvalue weighted by Crippen LogP contribution is 2.58. The SMILES string of the molecule is CCOC1CC(Nc2cccc(CO)c2)C12CCC2. The summed E-state index contributed by atoms with van der Waals surface area (Å²) in [5.41, 5.74) is 2.47. The number of ether oxygens (including phenoxy) is 1. The van der Waals surface area contributed by atoms with Crippen molar-refractivity contribution in [3.8, 4) is 0 Å². The van der Waals surface area contributed by atoms with Crippen LogP contribution in [-0.2, 0) is 11.3 Å². The molecule has 2 aliphatic carbocycles. The molecule has 104 valence electrons. The summed E-state index contributed by atoms with van der Waals surface area (Å²) in [7, 11) is 0. The van der Waals surface area contributed by atoms with E-state index < -0.39 is 0 Å². The van der Waals surface area contributed by atoms with Crippen LogP contribution < -0.4 is 5.32 Å². The second-order valence-electron chi connectivity index (χ2n) is 5.82. The predicted molar refractivity (Wildman–Crippen MR) is 76.1 cm³/mol. The Hall–Kier alpha value is -1.06. The van der Waals surface area contributed by atoms with Gasteiger partial charge in [-0.05, 0) is 43.9 Å². The maximum atomic E-state index is 9.19. The van der Waals surface area contributed by atoms with Crippen molar-refractivity contribution in [1.82, 2.24) is 0 Å². The van der Waals surface area contributed by atoms with Gasteiger partial charge in [-0.1, -0.05) is 18.6 Å². The molecular weight excluding hydrogens is 238 g/mol. The molecule has 0 saturated heterocycles. The lowest BCUT2D eigenvalue weighted by Gasteiger charge is -2.61. The van der Waals surface area contributed by atoms with Crippen molar-refractivity contribution < 1.29 is 9.84 Å². The van der Waals surface area contributed by atoms with Gasteiger partial charge in [0, 0.05) is 23.8 Å². The minimum atomic E-state index is 0.104. The number of anilines is 1. The summed E-state index contributed by atoms with van der Waals surface area (Å²) >= 11 is 0. The topological polar surface area (TPSA) is 41.5 Å². The molecule has 0 aliphatic heterocycles. The third-order valence-electron chi connectivity index (χ3n) is 4.89. The molecule has 0 aromatic heterocycles. The van der Waals surface area contributed by atoms with E-state index in [2.05, 4.69) is 18.3 Å². The molecule has 2 atom stereocenters. The second-order valence-corrected chi connectivity index (χ2v) is 5.82. The highest BCUT2D eigenvalue weighted by atomic mass is 16.5. The highest BCUT2D eigenvalue weighted by molar-refractivity contribution is 5.48. The first-order valence-electron chi connectivity index (χ1n) is 7.36. The van der Waals surface area contributed by atoms with Crippen LogP contribution in [0, 0.1) is 5.41 Å². The van der Waals surface area contributed by atoms with Crippen molar-refractivity contribution in [2.24, 2.45) is 5.41 Å². The Balaban J connectivity index is 1.67. The molecule has 2 fully saturated rings. The molecule has 19 heavy (non-hydrogen) atoms. The molecule has 3 heteroatoms. The molecule has 2 aliphatic rings. The lowest BCUT2D eigenvalue weighted by Crippen LogP contribution is -2.64. The van der Waals surface area contributed by atoms with Gasteiger partial charge in [0.25, 0.3) is 0 Å². The van der Waals surface area contributed by atoms with Crippen molar-refractivity contribution in [2.45, 2.75) is 51.4 Å². The summed E-state index contributed by atoms with van der Waals surface area (Å²) in [6, 6.07) is 8.61. The van der Waals surface area contributed by atoms with Gasteiger partial charge in [0.15, 0.2) is 0 Å². The molecule has 0 bridgehead atoms. The average Bonchev–Trinajstić information content (AvgIpc) is 2.36. The first-order chi connectivity index (χ1) is 9.28. The van der Waals surface area contributed by atoms with E-state index in [0.29, 0.717) is 17.6 Å². The predicted octanol–water partition coefficient (Wildman–Crippen LogP) is 2.94. The first kappa shape index (κ1) is 12.9. The maximum absolute atomic E-state index is 9.19.